The lowest BCUT2D eigenvalue weighted by Crippen LogP contribution is -2.44. The molecule has 0 saturated carbocycles. The van der Waals surface area contributed by atoms with Gasteiger partial charge in [0.15, 0.2) is 0 Å². The molecule has 0 unspecified atom stereocenters. The molecule has 158 valence electrons. The normalized spacial score (nSPS) is 17.5. The highest BCUT2D eigenvalue weighted by Crippen LogP contribution is 2.26. The van der Waals surface area contributed by atoms with Crippen LogP contribution in [0.4, 0.5) is 0 Å². The summed E-state index contributed by atoms with van der Waals surface area (Å²) in [6.07, 6.45) is 1.11. The van der Waals surface area contributed by atoms with E-state index in [1.165, 1.54) is 4.31 Å². The molecule has 1 saturated heterocycles. The molecule has 0 radical (unpaired) electrons. The first-order valence-corrected chi connectivity index (χ1v) is 11.6. The van der Waals surface area contributed by atoms with Gasteiger partial charge in [0, 0.05) is 32.1 Å². The minimum atomic E-state index is -3.55. The maximum absolute atomic E-state index is 13.0. The van der Waals surface area contributed by atoms with Gasteiger partial charge in [-0.1, -0.05) is 37.3 Å². The van der Waals surface area contributed by atoms with E-state index >= 15 is 0 Å². The van der Waals surface area contributed by atoms with E-state index in [2.05, 4.69) is 17.1 Å². The summed E-state index contributed by atoms with van der Waals surface area (Å²) in [7, 11) is 0.490. The van der Waals surface area contributed by atoms with E-state index in [-0.39, 0.29) is 11.8 Å². The Hall–Kier alpha value is -1.96. The molecule has 1 N–H and O–H groups in total. The summed E-state index contributed by atoms with van der Waals surface area (Å²) in [4.78, 5) is 14.9. The zero-order valence-corrected chi connectivity index (χ0v) is 18.3. The Morgan fingerprint density at radius 3 is 2.45 bits per heavy atom. The van der Waals surface area contributed by atoms with Gasteiger partial charge >= 0.3 is 0 Å². The molecule has 0 aliphatic carbocycles. The predicted octanol–water partition coefficient (Wildman–Crippen LogP) is 2.55. The van der Waals surface area contributed by atoms with Gasteiger partial charge in [0.2, 0.25) is 15.9 Å². The maximum Gasteiger partial charge on any atom is 0.243 e. The van der Waals surface area contributed by atoms with E-state index < -0.39 is 10.0 Å². The molecule has 1 aliphatic rings. The van der Waals surface area contributed by atoms with E-state index in [1.54, 1.807) is 12.1 Å². The van der Waals surface area contributed by atoms with Crippen molar-refractivity contribution in [2.75, 3.05) is 40.3 Å². The van der Waals surface area contributed by atoms with Crippen molar-refractivity contribution in [3.05, 3.63) is 42.5 Å². The molecule has 3 rings (SSSR count). The average Bonchev–Trinajstić information content (AvgIpc) is 2.71. The highest BCUT2D eigenvalue weighted by Gasteiger charge is 2.32. The smallest absolute Gasteiger partial charge is 0.243 e. The number of rotatable bonds is 7. The number of piperidine rings is 1. The zero-order valence-electron chi connectivity index (χ0n) is 17.5. The summed E-state index contributed by atoms with van der Waals surface area (Å²) in [5.74, 6) is 0.297. The van der Waals surface area contributed by atoms with Gasteiger partial charge in [-0.3, -0.25) is 4.79 Å². The van der Waals surface area contributed by atoms with Crippen molar-refractivity contribution in [3.8, 4) is 0 Å². The first-order valence-electron chi connectivity index (χ1n) is 10.2. The number of hydrogen-bond acceptors (Lipinski definition) is 4. The van der Waals surface area contributed by atoms with Crippen LogP contribution < -0.4 is 5.32 Å². The maximum atomic E-state index is 13.0. The summed E-state index contributed by atoms with van der Waals surface area (Å²) in [6, 6.07) is 13.0. The van der Waals surface area contributed by atoms with Gasteiger partial charge in [0.05, 0.1) is 4.90 Å². The molecule has 2 aromatic carbocycles. The van der Waals surface area contributed by atoms with E-state index in [9.17, 15) is 13.2 Å². The van der Waals surface area contributed by atoms with Crippen molar-refractivity contribution in [2.24, 2.45) is 11.8 Å². The lowest BCUT2D eigenvalue weighted by Gasteiger charge is -2.31. The van der Waals surface area contributed by atoms with Crippen LogP contribution in [0, 0.1) is 11.8 Å². The number of carbonyl (C=O) groups excluding carboxylic acids is 1. The van der Waals surface area contributed by atoms with Crippen LogP contribution >= 0.6 is 0 Å². The third-order valence-electron chi connectivity index (χ3n) is 5.48. The van der Waals surface area contributed by atoms with Crippen molar-refractivity contribution in [3.63, 3.8) is 0 Å². The van der Waals surface area contributed by atoms with Crippen LogP contribution in [0.3, 0.4) is 0 Å². The number of hydrogen-bond donors (Lipinski definition) is 1. The fourth-order valence-electron chi connectivity index (χ4n) is 3.94. The molecule has 1 heterocycles. The van der Waals surface area contributed by atoms with Crippen molar-refractivity contribution in [1.82, 2.24) is 14.5 Å². The first kappa shape index (κ1) is 21.7. The minimum absolute atomic E-state index is 0.0401. The largest absolute Gasteiger partial charge is 0.356 e. The van der Waals surface area contributed by atoms with E-state index in [4.69, 9.17) is 0 Å². The van der Waals surface area contributed by atoms with Crippen molar-refractivity contribution >= 4 is 26.7 Å². The SMILES string of the molecule is C[C@H](CNC(=O)C1CCN(S(=O)(=O)c2ccc3ccccc3c2)CC1)CN(C)C. The third kappa shape index (κ3) is 5.35. The number of benzene rings is 2. The Morgan fingerprint density at radius 2 is 1.79 bits per heavy atom. The lowest BCUT2D eigenvalue weighted by atomic mass is 9.97. The average molecular weight is 418 g/mol. The second kappa shape index (κ2) is 9.24. The molecule has 1 amide bonds. The van der Waals surface area contributed by atoms with Crippen LogP contribution in [0.5, 0.6) is 0 Å². The number of sulfonamides is 1. The second-order valence-corrected chi connectivity index (χ2v) is 10.2. The van der Waals surface area contributed by atoms with Crippen molar-refractivity contribution in [1.29, 1.82) is 0 Å². The highest BCUT2D eigenvalue weighted by molar-refractivity contribution is 7.89. The van der Waals surface area contributed by atoms with Crippen LogP contribution in [-0.2, 0) is 14.8 Å². The van der Waals surface area contributed by atoms with Crippen LogP contribution in [0.1, 0.15) is 19.8 Å². The molecule has 1 fully saturated rings. The molecular formula is C22H31N3O3S. The van der Waals surface area contributed by atoms with Crippen LogP contribution in [0.2, 0.25) is 0 Å². The molecule has 0 spiro atoms. The van der Waals surface area contributed by atoms with Gasteiger partial charge in [0.1, 0.15) is 0 Å². The second-order valence-electron chi connectivity index (χ2n) is 8.30. The number of nitrogens with one attached hydrogen (secondary N) is 1. The van der Waals surface area contributed by atoms with E-state index in [0.29, 0.717) is 43.3 Å². The topological polar surface area (TPSA) is 69.7 Å². The minimum Gasteiger partial charge on any atom is -0.356 e. The molecular weight excluding hydrogens is 386 g/mol. The van der Waals surface area contributed by atoms with Crippen molar-refractivity contribution in [2.45, 2.75) is 24.7 Å². The van der Waals surface area contributed by atoms with Crippen LogP contribution in [-0.4, -0.2) is 63.8 Å². The van der Waals surface area contributed by atoms with Gasteiger partial charge in [-0.05, 0) is 55.8 Å². The predicted molar refractivity (Wildman–Crippen MR) is 116 cm³/mol. The number of carbonyl (C=O) groups is 1. The number of nitrogens with zero attached hydrogens (tertiary/aromatic N) is 2. The van der Waals surface area contributed by atoms with Gasteiger partial charge < -0.3 is 10.2 Å². The standard InChI is InChI=1S/C22H31N3O3S/c1-17(16-24(2)3)15-23-22(26)19-10-12-25(13-11-19)29(27,28)21-9-8-18-6-4-5-7-20(18)14-21/h4-9,14,17,19H,10-13,15-16H2,1-3H3,(H,23,26)/t17-/m1/s1. The molecule has 29 heavy (non-hydrogen) atoms. The quantitative estimate of drug-likeness (QED) is 0.752. The third-order valence-corrected chi connectivity index (χ3v) is 7.38. The van der Waals surface area contributed by atoms with Gasteiger partial charge in [-0.2, -0.15) is 4.31 Å². The Kier molecular flexibility index (Phi) is 6.93. The molecule has 6 nitrogen and oxygen atoms in total. The molecule has 2 aromatic rings. The Morgan fingerprint density at radius 1 is 1.14 bits per heavy atom. The van der Waals surface area contributed by atoms with Gasteiger partial charge in [-0.25, -0.2) is 8.42 Å². The summed E-state index contributed by atoms with van der Waals surface area (Å²) in [6.45, 7) is 4.43. The van der Waals surface area contributed by atoms with E-state index in [0.717, 1.165) is 17.3 Å². The fraction of sp³-hybridized carbons (Fsp3) is 0.500. The first-order chi connectivity index (χ1) is 13.8. The number of fused-ring (bicyclic) bond motifs is 1. The summed E-state index contributed by atoms with van der Waals surface area (Å²) in [5.41, 5.74) is 0. The molecule has 7 heteroatoms. The van der Waals surface area contributed by atoms with Gasteiger partial charge in [-0.15, -0.1) is 0 Å². The summed E-state index contributed by atoms with van der Waals surface area (Å²) >= 11 is 0. The number of amides is 1. The summed E-state index contributed by atoms with van der Waals surface area (Å²) < 4.78 is 27.6. The van der Waals surface area contributed by atoms with E-state index in [1.807, 2.05) is 44.4 Å². The Bertz CT molecular complexity index is 951. The zero-order chi connectivity index (χ0) is 21.0. The van der Waals surface area contributed by atoms with Crippen molar-refractivity contribution < 1.29 is 13.2 Å². The lowest BCUT2D eigenvalue weighted by molar-refractivity contribution is -0.126. The highest BCUT2D eigenvalue weighted by atomic mass is 32.2. The monoisotopic (exact) mass is 417 g/mol. The van der Waals surface area contributed by atoms with Crippen LogP contribution in [0.25, 0.3) is 10.8 Å². The van der Waals surface area contributed by atoms with Gasteiger partial charge in [0.25, 0.3) is 0 Å². The molecule has 0 aromatic heterocycles. The van der Waals surface area contributed by atoms with Crippen LogP contribution in [0.15, 0.2) is 47.4 Å². The molecule has 1 aliphatic heterocycles. The summed E-state index contributed by atoms with van der Waals surface area (Å²) in [5, 5.41) is 4.96. The molecule has 1 atom stereocenters. The Labute approximate surface area is 173 Å². The molecule has 0 bridgehead atoms. The Balaban J connectivity index is 1.58. The fourth-order valence-corrected chi connectivity index (χ4v) is 5.45.